The number of hydrogen-bond acceptors (Lipinski definition) is 3. The summed E-state index contributed by atoms with van der Waals surface area (Å²) in [5.74, 6) is -0.226. The van der Waals surface area contributed by atoms with E-state index in [-0.39, 0.29) is 5.91 Å². The molecule has 0 aliphatic heterocycles. The van der Waals surface area contributed by atoms with Crippen molar-refractivity contribution in [3.05, 3.63) is 24.5 Å². The van der Waals surface area contributed by atoms with Crippen LogP contribution in [-0.2, 0) is 4.79 Å². The van der Waals surface area contributed by atoms with E-state index in [2.05, 4.69) is 4.98 Å². The number of amides is 1. The van der Waals surface area contributed by atoms with Gasteiger partial charge in [0.05, 0.1) is 6.07 Å². The van der Waals surface area contributed by atoms with Crippen molar-refractivity contribution in [1.82, 2.24) is 4.98 Å². The van der Waals surface area contributed by atoms with Crippen LogP contribution in [0.2, 0.25) is 0 Å². The molecule has 0 unspecified atom stereocenters. The van der Waals surface area contributed by atoms with Gasteiger partial charge in [-0.05, 0) is 26.0 Å². The third kappa shape index (κ3) is 2.32. The molecule has 0 fully saturated rings. The number of pyridine rings is 1. The van der Waals surface area contributed by atoms with Crippen molar-refractivity contribution < 1.29 is 4.79 Å². The fourth-order valence-corrected chi connectivity index (χ4v) is 1.15. The van der Waals surface area contributed by atoms with E-state index >= 15 is 0 Å². The smallest absolute Gasteiger partial charge is 0.246 e. The van der Waals surface area contributed by atoms with Gasteiger partial charge in [-0.1, -0.05) is 0 Å². The summed E-state index contributed by atoms with van der Waals surface area (Å²) in [6.07, 6.45) is 3.22. The van der Waals surface area contributed by atoms with Gasteiger partial charge in [0.25, 0.3) is 0 Å². The molecule has 0 atom stereocenters. The Morgan fingerprint density at radius 1 is 1.47 bits per heavy atom. The van der Waals surface area contributed by atoms with Crippen molar-refractivity contribution in [2.45, 2.75) is 13.8 Å². The highest BCUT2D eigenvalue weighted by atomic mass is 16.2. The Kier molecular flexibility index (Phi) is 3.05. The molecule has 78 valence electrons. The van der Waals surface area contributed by atoms with Crippen molar-refractivity contribution in [2.75, 3.05) is 11.9 Å². The minimum Gasteiger partial charge on any atom is -0.314 e. The normalized spacial score (nSPS) is 10.5. The van der Waals surface area contributed by atoms with Crippen LogP contribution < -0.4 is 4.90 Å². The molecule has 0 spiro atoms. The van der Waals surface area contributed by atoms with Gasteiger partial charge in [-0.2, -0.15) is 5.26 Å². The Morgan fingerprint density at radius 3 is 2.47 bits per heavy atom. The van der Waals surface area contributed by atoms with E-state index in [0.29, 0.717) is 0 Å². The SMILES string of the molecule is CN(C(=O)C(C)(C)C#N)c1ccncc1. The summed E-state index contributed by atoms with van der Waals surface area (Å²) < 4.78 is 0. The molecule has 0 aliphatic rings. The molecule has 0 aromatic carbocycles. The molecule has 0 aliphatic carbocycles. The molecule has 1 amide bonds. The average Bonchev–Trinajstić information content (AvgIpc) is 2.28. The van der Waals surface area contributed by atoms with Crippen LogP contribution in [-0.4, -0.2) is 17.9 Å². The molecule has 0 saturated heterocycles. The first-order valence-corrected chi connectivity index (χ1v) is 4.58. The summed E-state index contributed by atoms with van der Waals surface area (Å²) in [6, 6.07) is 5.44. The van der Waals surface area contributed by atoms with Crippen molar-refractivity contribution >= 4 is 11.6 Å². The summed E-state index contributed by atoms with van der Waals surface area (Å²) in [7, 11) is 1.65. The number of nitriles is 1. The van der Waals surface area contributed by atoms with Crippen LogP contribution in [0.25, 0.3) is 0 Å². The van der Waals surface area contributed by atoms with Gasteiger partial charge >= 0.3 is 0 Å². The highest BCUT2D eigenvalue weighted by Gasteiger charge is 2.30. The maximum Gasteiger partial charge on any atom is 0.246 e. The van der Waals surface area contributed by atoms with Crippen LogP contribution >= 0.6 is 0 Å². The van der Waals surface area contributed by atoms with Gasteiger partial charge < -0.3 is 4.90 Å². The van der Waals surface area contributed by atoms with Gasteiger partial charge in [-0.3, -0.25) is 9.78 Å². The third-order valence-electron chi connectivity index (χ3n) is 2.17. The zero-order chi connectivity index (χ0) is 11.5. The van der Waals surface area contributed by atoms with E-state index in [0.717, 1.165) is 5.69 Å². The van der Waals surface area contributed by atoms with Gasteiger partial charge in [0, 0.05) is 25.1 Å². The van der Waals surface area contributed by atoms with Gasteiger partial charge in [-0.15, -0.1) is 0 Å². The topological polar surface area (TPSA) is 57.0 Å². The molecule has 4 heteroatoms. The van der Waals surface area contributed by atoms with Crippen LogP contribution in [0.15, 0.2) is 24.5 Å². The first-order valence-electron chi connectivity index (χ1n) is 4.58. The quantitative estimate of drug-likeness (QED) is 0.733. The van der Waals surface area contributed by atoms with E-state index in [1.165, 1.54) is 4.90 Å². The second-order valence-corrected chi connectivity index (χ2v) is 3.81. The molecule has 0 radical (unpaired) electrons. The largest absolute Gasteiger partial charge is 0.314 e. The lowest BCUT2D eigenvalue weighted by molar-refractivity contribution is -0.123. The van der Waals surface area contributed by atoms with Gasteiger partial charge in [0.15, 0.2) is 0 Å². The highest BCUT2D eigenvalue weighted by Crippen LogP contribution is 2.20. The number of hydrogen-bond donors (Lipinski definition) is 0. The fraction of sp³-hybridized carbons (Fsp3) is 0.364. The Balaban J connectivity index is 2.93. The Hall–Kier alpha value is -1.89. The lowest BCUT2D eigenvalue weighted by atomic mass is 9.94. The first-order chi connectivity index (χ1) is 6.99. The fourth-order valence-electron chi connectivity index (χ4n) is 1.15. The number of rotatable bonds is 2. The molecule has 1 heterocycles. The van der Waals surface area contributed by atoms with E-state index in [1.807, 2.05) is 6.07 Å². The van der Waals surface area contributed by atoms with E-state index < -0.39 is 5.41 Å². The maximum absolute atomic E-state index is 11.9. The van der Waals surface area contributed by atoms with Crippen LogP contribution in [0, 0.1) is 16.7 Å². The lowest BCUT2D eigenvalue weighted by Crippen LogP contribution is -2.37. The Labute approximate surface area is 89.2 Å². The number of nitrogens with zero attached hydrogens (tertiary/aromatic N) is 3. The zero-order valence-electron chi connectivity index (χ0n) is 9.06. The van der Waals surface area contributed by atoms with Gasteiger partial charge in [0.2, 0.25) is 5.91 Å². The number of aromatic nitrogens is 1. The number of carbonyl (C=O) groups is 1. The van der Waals surface area contributed by atoms with E-state index in [4.69, 9.17) is 5.26 Å². The second-order valence-electron chi connectivity index (χ2n) is 3.81. The van der Waals surface area contributed by atoms with Crippen LogP contribution in [0.5, 0.6) is 0 Å². The lowest BCUT2D eigenvalue weighted by Gasteiger charge is -2.23. The molecule has 1 aromatic heterocycles. The molecule has 15 heavy (non-hydrogen) atoms. The minimum atomic E-state index is -1.00. The second kappa shape index (κ2) is 4.09. The molecule has 4 nitrogen and oxygen atoms in total. The monoisotopic (exact) mass is 203 g/mol. The summed E-state index contributed by atoms with van der Waals surface area (Å²) in [4.78, 5) is 17.2. The molecular formula is C11H13N3O. The standard InChI is InChI=1S/C11H13N3O/c1-11(2,8-12)10(15)14(3)9-4-6-13-7-5-9/h4-7H,1-3H3. The molecule has 0 N–H and O–H groups in total. The number of anilines is 1. The molecule has 0 bridgehead atoms. The Bertz CT molecular complexity index is 392. The number of carbonyl (C=O) groups excluding carboxylic acids is 1. The van der Waals surface area contributed by atoms with Crippen LogP contribution in [0.3, 0.4) is 0 Å². The van der Waals surface area contributed by atoms with Gasteiger partial charge in [0.1, 0.15) is 5.41 Å². The summed E-state index contributed by atoms with van der Waals surface area (Å²) >= 11 is 0. The maximum atomic E-state index is 11.9. The third-order valence-corrected chi connectivity index (χ3v) is 2.17. The molecule has 1 aromatic rings. The highest BCUT2D eigenvalue weighted by molar-refractivity contribution is 5.98. The van der Waals surface area contributed by atoms with E-state index in [9.17, 15) is 4.79 Å². The van der Waals surface area contributed by atoms with Crippen LogP contribution in [0.1, 0.15) is 13.8 Å². The van der Waals surface area contributed by atoms with Crippen molar-refractivity contribution in [3.63, 3.8) is 0 Å². The van der Waals surface area contributed by atoms with Gasteiger partial charge in [-0.25, -0.2) is 0 Å². The average molecular weight is 203 g/mol. The zero-order valence-corrected chi connectivity index (χ0v) is 9.06. The molecule has 0 saturated carbocycles. The summed E-state index contributed by atoms with van der Waals surface area (Å²) in [5, 5.41) is 8.85. The predicted molar refractivity (Wildman–Crippen MR) is 57.0 cm³/mol. The van der Waals surface area contributed by atoms with Crippen molar-refractivity contribution in [1.29, 1.82) is 5.26 Å². The summed E-state index contributed by atoms with van der Waals surface area (Å²) in [5.41, 5.74) is -0.267. The van der Waals surface area contributed by atoms with Crippen molar-refractivity contribution in [3.8, 4) is 6.07 Å². The van der Waals surface area contributed by atoms with Crippen molar-refractivity contribution in [2.24, 2.45) is 5.41 Å². The molecule has 1 rings (SSSR count). The Morgan fingerprint density at radius 2 is 2.00 bits per heavy atom. The minimum absolute atomic E-state index is 0.226. The predicted octanol–water partition coefficient (Wildman–Crippen LogP) is 1.59. The first kappa shape index (κ1) is 11.2. The summed E-state index contributed by atoms with van der Waals surface area (Å²) in [6.45, 7) is 3.21. The van der Waals surface area contributed by atoms with Crippen LogP contribution in [0.4, 0.5) is 5.69 Å². The molecular weight excluding hydrogens is 190 g/mol. The van der Waals surface area contributed by atoms with E-state index in [1.54, 1.807) is 45.4 Å².